The number of aliphatic imine (C=N–C) groups is 1. The Morgan fingerprint density at radius 1 is 1.10 bits per heavy atom. The van der Waals surface area contributed by atoms with Crippen molar-refractivity contribution in [2.45, 2.75) is 25.4 Å². The summed E-state index contributed by atoms with van der Waals surface area (Å²) in [5, 5.41) is 6.75. The monoisotopic (exact) mass is 521 g/mol. The Labute approximate surface area is 196 Å². The number of nitrogens with one attached hydrogen (secondary N) is 2. The SMILES string of the molecule is CN(C)C(=O)CNC(=NCc1ccccc1)NC1CCCN(c2ccccc2)C1.I. The third-order valence-electron chi connectivity index (χ3n) is 5.05. The van der Waals surface area contributed by atoms with E-state index in [1.165, 1.54) is 5.69 Å². The normalized spacial score (nSPS) is 16.4. The Morgan fingerprint density at radius 3 is 2.43 bits per heavy atom. The van der Waals surface area contributed by atoms with Gasteiger partial charge < -0.3 is 20.4 Å². The molecular weight excluding hydrogens is 489 g/mol. The first kappa shape index (κ1) is 24.0. The fraction of sp³-hybridized carbons (Fsp3) is 0.391. The minimum Gasteiger partial charge on any atom is -0.369 e. The number of hydrogen-bond acceptors (Lipinski definition) is 3. The number of nitrogens with zero attached hydrogens (tertiary/aromatic N) is 3. The maximum absolute atomic E-state index is 12.0. The van der Waals surface area contributed by atoms with Crippen molar-refractivity contribution < 1.29 is 4.79 Å². The van der Waals surface area contributed by atoms with Crippen LogP contribution in [0.2, 0.25) is 0 Å². The number of anilines is 1. The van der Waals surface area contributed by atoms with Crippen LogP contribution in [0.4, 0.5) is 5.69 Å². The summed E-state index contributed by atoms with van der Waals surface area (Å²) in [6.45, 7) is 2.77. The molecule has 1 atom stereocenters. The average Bonchev–Trinajstić information content (AvgIpc) is 2.77. The molecule has 2 aromatic rings. The summed E-state index contributed by atoms with van der Waals surface area (Å²) in [5.74, 6) is 0.706. The zero-order valence-corrected chi connectivity index (χ0v) is 20.1. The summed E-state index contributed by atoms with van der Waals surface area (Å²) in [6.07, 6.45) is 2.20. The number of likely N-dealkylation sites (N-methyl/N-ethyl adjacent to an activating group) is 1. The summed E-state index contributed by atoms with van der Waals surface area (Å²) in [7, 11) is 3.52. The van der Waals surface area contributed by atoms with E-state index in [1.54, 1.807) is 19.0 Å². The number of halogens is 1. The molecule has 1 unspecified atom stereocenters. The molecule has 0 aromatic heterocycles. The number of hydrogen-bond donors (Lipinski definition) is 2. The van der Waals surface area contributed by atoms with Crippen LogP contribution in [0.1, 0.15) is 18.4 Å². The first-order valence-electron chi connectivity index (χ1n) is 10.2. The molecule has 0 aliphatic carbocycles. The van der Waals surface area contributed by atoms with Gasteiger partial charge in [-0.3, -0.25) is 4.79 Å². The highest BCUT2D eigenvalue weighted by molar-refractivity contribution is 14.0. The Balaban J connectivity index is 0.00000320. The van der Waals surface area contributed by atoms with Crippen LogP contribution < -0.4 is 15.5 Å². The first-order valence-corrected chi connectivity index (χ1v) is 10.2. The Kier molecular flexibility index (Phi) is 9.93. The van der Waals surface area contributed by atoms with Crippen molar-refractivity contribution >= 4 is 41.5 Å². The molecule has 2 aromatic carbocycles. The number of para-hydroxylation sites is 1. The second kappa shape index (κ2) is 12.4. The molecule has 1 amide bonds. The van der Waals surface area contributed by atoms with Crippen molar-refractivity contribution in [3.63, 3.8) is 0 Å². The number of piperidine rings is 1. The summed E-state index contributed by atoms with van der Waals surface area (Å²) in [4.78, 5) is 20.7. The highest BCUT2D eigenvalue weighted by Gasteiger charge is 2.21. The van der Waals surface area contributed by atoms with Crippen LogP contribution in [-0.4, -0.2) is 56.5 Å². The lowest BCUT2D eigenvalue weighted by molar-refractivity contribution is -0.127. The van der Waals surface area contributed by atoms with E-state index < -0.39 is 0 Å². The summed E-state index contributed by atoms with van der Waals surface area (Å²) >= 11 is 0. The van der Waals surface area contributed by atoms with E-state index in [4.69, 9.17) is 4.99 Å². The van der Waals surface area contributed by atoms with Crippen molar-refractivity contribution in [1.29, 1.82) is 0 Å². The van der Waals surface area contributed by atoms with Gasteiger partial charge >= 0.3 is 0 Å². The number of benzene rings is 2. The van der Waals surface area contributed by atoms with Gasteiger partial charge in [0, 0.05) is 38.9 Å². The van der Waals surface area contributed by atoms with Gasteiger partial charge in [0.25, 0.3) is 0 Å². The van der Waals surface area contributed by atoms with Gasteiger partial charge in [-0.25, -0.2) is 4.99 Å². The maximum atomic E-state index is 12.0. The van der Waals surface area contributed by atoms with Crippen LogP contribution in [0, 0.1) is 0 Å². The van der Waals surface area contributed by atoms with Gasteiger partial charge in [-0.05, 0) is 30.5 Å². The van der Waals surface area contributed by atoms with E-state index in [-0.39, 0.29) is 42.5 Å². The summed E-state index contributed by atoms with van der Waals surface area (Å²) in [5.41, 5.74) is 2.39. The van der Waals surface area contributed by atoms with Crippen LogP contribution in [0.5, 0.6) is 0 Å². The number of amides is 1. The van der Waals surface area contributed by atoms with E-state index in [1.807, 2.05) is 24.3 Å². The molecule has 7 heteroatoms. The average molecular weight is 521 g/mol. The lowest BCUT2D eigenvalue weighted by atomic mass is 10.1. The molecule has 1 aliphatic rings. The Morgan fingerprint density at radius 2 is 1.77 bits per heavy atom. The number of carbonyl (C=O) groups excluding carboxylic acids is 1. The predicted octanol–water partition coefficient (Wildman–Crippen LogP) is 3.10. The van der Waals surface area contributed by atoms with Crippen molar-refractivity contribution in [1.82, 2.24) is 15.5 Å². The minimum atomic E-state index is 0. The van der Waals surface area contributed by atoms with Crippen molar-refractivity contribution in [2.75, 3.05) is 38.6 Å². The predicted molar refractivity (Wildman–Crippen MR) is 135 cm³/mol. The lowest BCUT2D eigenvalue weighted by Gasteiger charge is -2.35. The molecule has 0 bridgehead atoms. The molecule has 1 heterocycles. The minimum absolute atomic E-state index is 0. The van der Waals surface area contributed by atoms with Crippen LogP contribution in [0.25, 0.3) is 0 Å². The van der Waals surface area contributed by atoms with Gasteiger partial charge in [0.15, 0.2) is 5.96 Å². The molecule has 162 valence electrons. The largest absolute Gasteiger partial charge is 0.369 e. The van der Waals surface area contributed by atoms with Crippen LogP contribution in [0.15, 0.2) is 65.7 Å². The third kappa shape index (κ3) is 7.51. The van der Waals surface area contributed by atoms with Crippen LogP contribution >= 0.6 is 24.0 Å². The second-order valence-corrected chi connectivity index (χ2v) is 7.56. The van der Waals surface area contributed by atoms with Gasteiger partial charge in [0.05, 0.1) is 13.1 Å². The lowest BCUT2D eigenvalue weighted by Crippen LogP contribution is -2.52. The second-order valence-electron chi connectivity index (χ2n) is 7.56. The topological polar surface area (TPSA) is 60.0 Å². The van der Waals surface area contributed by atoms with Gasteiger partial charge in [-0.2, -0.15) is 0 Å². The first-order chi connectivity index (χ1) is 14.1. The van der Waals surface area contributed by atoms with Gasteiger partial charge in [0.2, 0.25) is 5.91 Å². The maximum Gasteiger partial charge on any atom is 0.241 e. The molecular formula is C23H32IN5O. The standard InChI is InChI=1S/C23H31N5O.HI/c1-27(2)22(29)17-25-23(24-16-19-10-5-3-6-11-19)26-20-12-9-15-28(18-20)21-13-7-4-8-14-21;/h3-8,10-11,13-14,20H,9,12,15-18H2,1-2H3,(H2,24,25,26);1H. The third-order valence-corrected chi connectivity index (χ3v) is 5.05. The zero-order chi connectivity index (χ0) is 20.5. The molecule has 6 nitrogen and oxygen atoms in total. The molecule has 1 saturated heterocycles. The molecule has 0 radical (unpaired) electrons. The van der Waals surface area contributed by atoms with E-state index in [0.29, 0.717) is 12.5 Å². The van der Waals surface area contributed by atoms with Crippen LogP contribution in [0.3, 0.4) is 0 Å². The van der Waals surface area contributed by atoms with Crippen LogP contribution in [-0.2, 0) is 11.3 Å². The molecule has 2 N–H and O–H groups in total. The van der Waals surface area contributed by atoms with Gasteiger partial charge in [-0.15, -0.1) is 24.0 Å². The van der Waals surface area contributed by atoms with Crippen molar-refractivity contribution in [3.8, 4) is 0 Å². The fourth-order valence-corrected chi connectivity index (χ4v) is 3.39. The zero-order valence-electron chi connectivity index (χ0n) is 17.8. The number of carbonyl (C=O) groups is 1. The van der Waals surface area contributed by atoms with E-state index in [2.05, 4.69) is 51.9 Å². The summed E-state index contributed by atoms with van der Waals surface area (Å²) in [6, 6.07) is 20.9. The molecule has 1 aliphatic heterocycles. The fourth-order valence-electron chi connectivity index (χ4n) is 3.39. The van der Waals surface area contributed by atoms with Crippen molar-refractivity contribution in [2.24, 2.45) is 4.99 Å². The van der Waals surface area contributed by atoms with E-state index in [0.717, 1.165) is 31.5 Å². The quantitative estimate of drug-likeness (QED) is 0.349. The van der Waals surface area contributed by atoms with E-state index >= 15 is 0 Å². The summed E-state index contributed by atoms with van der Waals surface area (Å²) < 4.78 is 0. The molecule has 0 spiro atoms. The van der Waals surface area contributed by atoms with Gasteiger partial charge in [-0.1, -0.05) is 48.5 Å². The number of guanidine groups is 1. The highest BCUT2D eigenvalue weighted by Crippen LogP contribution is 2.19. The highest BCUT2D eigenvalue weighted by atomic mass is 127. The smallest absolute Gasteiger partial charge is 0.241 e. The Hall–Kier alpha value is -2.29. The Bertz CT molecular complexity index is 798. The van der Waals surface area contributed by atoms with Crippen molar-refractivity contribution in [3.05, 3.63) is 66.2 Å². The molecule has 1 fully saturated rings. The molecule has 3 rings (SSSR count). The molecule has 0 saturated carbocycles. The number of rotatable bonds is 6. The molecule has 30 heavy (non-hydrogen) atoms. The van der Waals surface area contributed by atoms with Gasteiger partial charge in [0.1, 0.15) is 0 Å². The van der Waals surface area contributed by atoms with E-state index in [9.17, 15) is 4.79 Å².